The van der Waals surface area contributed by atoms with Gasteiger partial charge in [0.25, 0.3) is 0 Å². The van der Waals surface area contributed by atoms with Crippen molar-refractivity contribution in [2.75, 3.05) is 32.7 Å². The Morgan fingerprint density at radius 2 is 1.96 bits per heavy atom. The number of ether oxygens (including phenoxy) is 1. The maximum atomic E-state index is 12.3. The summed E-state index contributed by atoms with van der Waals surface area (Å²) in [5.74, 6) is 0.706. The largest absolute Gasteiger partial charge is 0.444 e. The summed E-state index contributed by atoms with van der Waals surface area (Å²) < 4.78 is 5.47. The van der Waals surface area contributed by atoms with Crippen molar-refractivity contribution >= 4 is 18.0 Å². The summed E-state index contributed by atoms with van der Waals surface area (Å²) in [5, 5.41) is 9.46. The van der Waals surface area contributed by atoms with E-state index in [-0.39, 0.29) is 24.0 Å². The molecule has 0 aliphatic carbocycles. The van der Waals surface area contributed by atoms with E-state index in [1.807, 2.05) is 41.5 Å². The van der Waals surface area contributed by atoms with Crippen molar-refractivity contribution in [1.29, 1.82) is 0 Å². The molecule has 0 bridgehead atoms. The molecule has 0 radical (unpaired) electrons. The van der Waals surface area contributed by atoms with Crippen LogP contribution in [0.25, 0.3) is 0 Å². The van der Waals surface area contributed by atoms with E-state index < -0.39 is 5.60 Å². The van der Waals surface area contributed by atoms with Gasteiger partial charge >= 0.3 is 6.09 Å². The predicted molar refractivity (Wildman–Crippen MR) is 108 cm³/mol. The van der Waals surface area contributed by atoms with Crippen LogP contribution in [0.4, 0.5) is 4.79 Å². The third-order valence-corrected chi connectivity index (χ3v) is 3.96. The Hall–Kier alpha value is -1.99. The van der Waals surface area contributed by atoms with Crippen LogP contribution in [0.15, 0.2) is 4.99 Å². The highest BCUT2D eigenvalue weighted by molar-refractivity contribution is 5.80. The minimum atomic E-state index is -0.492. The third kappa shape index (κ3) is 9.49. The predicted octanol–water partition coefficient (Wildman–Crippen LogP) is 1.71. The second-order valence-electron chi connectivity index (χ2n) is 8.12. The molecule has 1 atom stereocenters. The van der Waals surface area contributed by atoms with Crippen LogP contribution in [0.5, 0.6) is 0 Å². The first-order valence-electron chi connectivity index (χ1n) is 9.93. The number of rotatable bonds is 6. The number of nitrogens with one attached hydrogen (secondary N) is 3. The van der Waals surface area contributed by atoms with Crippen molar-refractivity contribution in [1.82, 2.24) is 20.9 Å². The zero-order chi connectivity index (χ0) is 20.4. The molecule has 1 saturated heterocycles. The van der Waals surface area contributed by atoms with Crippen molar-refractivity contribution in [3.63, 3.8) is 0 Å². The lowest BCUT2D eigenvalue weighted by atomic mass is 10.1. The molecule has 0 spiro atoms. The molecule has 8 heteroatoms. The van der Waals surface area contributed by atoms with Gasteiger partial charge in [0.1, 0.15) is 5.60 Å². The summed E-state index contributed by atoms with van der Waals surface area (Å²) in [7, 11) is 0. The Morgan fingerprint density at radius 1 is 1.26 bits per heavy atom. The van der Waals surface area contributed by atoms with Gasteiger partial charge in [0.05, 0.1) is 6.54 Å². The van der Waals surface area contributed by atoms with E-state index in [0.717, 1.165) is 19.4 Å². The van der Waals surface area contributed by atoms with Gasteiger partial charge in [-0.2, -0.15) is 0 Å². The molecule has 1 aliphatic heterocycles. The van der Waals surface area contributed by atoms with Gasteiger partial charge in [0.15, 0.2) is 5.96 Å². The van der Waals surface area contributed by atoms with Gasteiger partial charge in [0, 0.05) is 38.1 Å². The standard InChI is InChI=1S/C19H37N5O3/c1-7-20-17(22-11-10-21-16(25)14(2)3)23-15-9-8-12-24(13-15)18(26)27-19(4,5)6/h14-15H,7-13H2,1-6H3,(H,21,25)(H2,20,22,23). The topological polar surface area (TPSA) is 95.1 Å². The summed E-state index contributed by atoms with van der Waals surface area (Å²) in [6.45, 7) is 14.4. The minimum Gasteiger partial charge on any atom is -0.444 e. The molecule has 3 N–H and O–H groups in total. The number of nitrogens with zero attached hydrogens (tertiary/aromatic N) is 2. The molecule has 27 heavy (non-hydrogen) atoms. The Kier molecular flexibility index (Phi) is 9.38. The van der Waals surface area contributed by atoms with Crippen LogP contribution < -0.4 is 16.0 Å². The zero-order valence-corrected chi connectivity index (χ0v) is 17.7. The number of carbonyl (C=O) groups excluding carboxylic acids is 2. The Bertz CT molecular complexity index is 514. The van der Waals surface area contributed by atoms with E-state index in [1.165, 1.54) is 0 Å². The summed E-state index contributed by atoms with van der Waals surface area (Å²) in [6, 6.07) is 0.120. The van der Waals surface area contributed by atoms with Crippen molar-refractivity contribution in [2.24, 2.45) is 10.9 Å². The molecule has 1 heterocycles. The maximum Gasteiger partial charge on any atom is 0.410 e. The van der Waals surface area contributed by atoms with Gasteiger partial charge in [-0.15, -0.1) is 0 Å². The number of carbonyl (C=O) groups is 2. The average molecular weight is 384 g/mol. The fraction of sp³-hybridized carbons (Fsp3) is 0.842. The second-order valence-corrected chi connectivity index (χ2v) is 8.12. The van der Waals surface area contributed by atoms with Gasteiger partial charge in [0.2, 0.25) is 5.91 Å². The fourth-order valence-corrected chi connectivity index (χ4v) is 2.65. The first kappa shape index (κ1) is 23.0. The number of hydrogen-bond donors (Lipinski definition) is 3. The van der Waals surface area contributed by atoms with Crippen molar-refractivity contribution in [2.45, 2.75) is 66.0 Å². The monoisotopic (exact) mass is 383 g/mol. The molecule has 0 saturated carbocycles. The molecule has 1 unspecified atom stereocenters. The minimum absolute atomic E-state index is 0.0265. The van der Waals surface area contributed by atoms with E-state index in [4.69, 9.17) is 4.74 Å². The van der Waals surface area contributed by atoms with Crippen LogP contribution in [0.2, 0.25) is 0 Å². The van der Waals surface area contributed by atoms with Crippen LogP contribution in [-0.2, 0) is 9.53 Å². The lowest BCUT2D eigenvalue weighted by molar-refractivity contribution is -0.123. The highest BCUT2D eigenvalue weighted by Gasteiger charge is 2.28. The van der Waals surface area contributed by atoms with E-state index >= 15 is 0 Å². The molecule has 0 aromatic rings. The van der Waals surface area contributed by atoms with Crippen LogP contribution in [0.3, 0.4) is 0 Å². The zero-order valence-electron chi connectivity index (χ0n) is 17.7. The summed E-state index contributed by atoms with van der Waals surface area (Å²) in [6.07, 6.45) is 1.61. The summed E-state index contributed by atoms with van der Waals surface area (Å²) in [5.41, 5.74) is -0.492. The Labute approximate surface area is 163 Å². The normalized spacial score (nSPS) is 18.3. The number of likely N-dealkylation sites (tertiary alicyclic amines) is 1. The first-order valence-corrected chi connectivity index (χ1v) is 9.93. The number of amides is 2. The van der Waals surface area contributed by atoms with Crippen LogP contribution in [0, 0.1) is 5.92 Å². The Morgan fingerprint density at radius 3 is 2.56 bits per heavy atom. The lowest BCUT2D eigenvalue weighted by Gasteiger charge is -2.35. The van der Waals surface area contributed by atoms with Crippen LogP contribution >= 0.6 is 0 Å². The highest BCUT2D eigenvalue weighted by atomic mass is 16.6. The second kappa shape index (κ2) is 11.0. The number of guanidine groups is 1. The van der Waals surface area contributed by atoms with Gasteiger partial charge in [-0.05, 0) is 40.5 Å². The van der Waals surface area contributed by atoms with E-state index in [9.17, 15) is 9.59 Å². The van der Waals surface area contributed by atoms with Crippen LogP contribution in [0.1, 0.15) is 54.4 Å². The first-order chi connectivity index (χ1) is 12.6. The number of aliphatic imine (C=N–C) groups is 1. The smallest absolute Gasteiger partial charge is 0.410 e. The number of piperidine rings is 1. The quantitative estimate of drug-likeness (QED) is 0.369. The van der Waals surface area contributed by atoms with E-state index in [0.29, 0.717) is 32.1 Å². The third-order valence-electron chi connectivity index (χ3n) is 3.96. The van der Waals surface area contributed by atoms with E-state index in [1.54, 1.807) is 4.90 Å². The SMILES string of the molecule is CCNC(=NCCNC(=O)C(C)C)NC1CCCN(C(=O)OC(C)(C)C)C1. The lowest BCUT2D eigenvalue weighted by Crippen LogP contribution is -2.53. The molecular weight excluding hydrogens is 346 g/mol. The molecular formula is C19H37N5O3. The van der Waals surface area contributed by atoms with Crippen molar-refractivity contribution < 1.29 is 14.3 Å². The molecule has 2 amide bonds. The maximum absolute atomic E-state index is 12.3. The fourth-order valence-electron chi connectivity index (χ4n) is 2.65. The highest BCUT2D eigenvalue weighted by Crippen LogP contribution is 2.15. The molecule has 0 aromatic heterocycles. The molecule has 1 rings (SSSR count). The van der Waals surface area contributed by atoms with Crippen molar-refractivity contribution in [3.8, 4) is 0 Å². The molecule has 0 aromatic carbocycles. The molecule has 8 nitrogen and oxygen atoms in total. The summed E-state index contributed by atoms with van der Waals surface area (Å²) >= 11 is 0. The van der Waals surface area contributed by atoms with Crippen molar-refractivity contribution in [3.05, 3.63) is 0 Å². The number of hydrogen-bond acceptors (Lipinski definition) is 4. The van der Waals surface area contributed by atoms with Gasteiger partial charge < -0.3 is 25.6 Å². The Balaban J connectivity index is 2.54. The van der Waals surface area contributed by atoms with E-state index in [2.05, 4.69) is 20.9 Å². The van der Waals surface area contributed by atoms with Crippen LogP contribution in [-0.4, -0.2) is 67.2 Å². The molecule has 156 valence electrons. The van der Waals surface area contributed by atoms with Gasteiger partial charge in [-0.3, -0.25) is 9.79 Å². The summed E-state index contributed by atoms with van der Waals surface area (Å²) in [4.78, 5) is 30.1. The van der Waals surface area contributed by atoms with Gasteiger partial charge in [-0.25, -0.2) is 4.79 Å². The average Bonchev–Trinajstić information content (AvgIpc) is 2.57. The molecule has 1 aliphatic rings. The van der Waals surface area contributed by atoms with Gasteiger partial charge in [-0.1, -0.05) is 13.8 Å². The molecule has 1 fully saturated rings.